The first-order chi connectivity index (χ1) is 13.1. The summed E-state index contributed by atoms with van der Waals surface area (Å²) in [6.07, 6.45) is 0.643. The minimum Gasteiger partial charge on any atom is -0.507 e. The van der Waals surface area contributed by atoms with Crippen LogP contribution in [-0.2, 0) is 19.5 Å². The zero-order chi connectivity index (χ0) is 18.8. The van der Waals surface area contributed by atoms with Crippen LogP contribution in [0.1, 0.15) is 16.8 Å². The van der Waals surface area contributed by atoms with E-state index in [4.69, 9.17) is 9.72 Å². The summed E-state index contributed by atoms with van der Waals surface area (Å²) in [5, 5.41) is 10.2. The number of aromatic amines is 1. The standard InChI is InChI=1S/C21H21N3O3/c1-27-16-8-7-15(19(25)11-16)12-24-10-9-17-18(13-24)22-20(23-21(17)26)14-5-3-2-4-6-14/h2-8,11,25H,9-10,12-13H2,1H3,(H,22,23,26). The summed E-state index contributed by atoms with van der Waals surface area (Å²) in [7, 11) is 1.57. The van der Waals surface area contributed by atoms with Crippen molar-refractivity contribution in [3.63, 3.8) is 0 Å². The van der Waals surface area contributed by atoms with Crippen LogP contribution in [0.25, 0.3) is 11.4 Å². The maximum Gasteiger partial charge on any atom is 0.254 e. The lowest BCUT2D eigenvalue weighted by atomic mass is 10.0. The largest absolute Gasteiger partial charge is 0.507 e. The van der Waals surface area contributed by atoms with Crippen LogP contribution in [0.4, 0.5) is 0 Å². The van der Waals surface area contributed by atoms with Gasteiger partial charge in [0.05, 0.1) is 12.8 Å². The number of phenols is 1. The smallest absolute Gasteiger partial charge is 0.254 e. The number of aromatic nitrogens is 2. The van der Waals surface area contributed by atoms with Crippen molar-refractivity contribution in [3.8, 4) is 22.9 Å². The summed E-state index contributed by atoms with van der Waals surface area (Å²) in [4.78, 5) is 22.3. The maximum atomic E-state index is 12.5. The van der Waals surface area contributed by atoms with E-state index in [-0.39, 0.29) is 11.3 Å². The molecule has 0 saturated carbocycles. The average molecular weight is 363 g/mol. The molecule has 0 fully saturated rings. The monoisotopic (exact) mass is 363 g/mol. The van der Waals surface area contributed by atoms with Crippen LogP contribution in [0.5, 0.6) is 11.5 Å². The number of rotatable bonds is 4. The van der Waals surface area contributed by atoms with Crippen molar-refractivity contribution in [1.82, 2.24) is 14.9 Å². The lowest BCUT2D eigenvalue weighted by molar-refractivity contribution is 0.237. The van der Waals surface area contributed by atoms with Crippen molar-refractivity contribution >= 4 is 0 Å². The normalized spacial score (nSPS) is 14.0. The molecule has 4 rings (SSSR count). The molecule has 138 valence electrons. The Balaban J connectivity index is 1.59. The third kappa shape index (κ3) is 3.57. The molecule has 0 atom stereocenters. The minimum atomic E-state index is -0.0641. The SMILES string of the molecule is COc1ccc(CN2CCc3c(nc(-c4ccccc4)[nH]c3=O)C2)c(O)c1. The number of benzene rings is 2. The van der Waals surface area contributed by atoms with Crippen molar-refractivity contribution in [2.24, 2.45) is 0 Å². The fourth-order valence-electron chi connectivity index (χ4n) is 3.41. The van der Waals surface area contributed by atoms with E-state index in [1.54, 1.807) is 13.2 Å². The minimum absolute atomic E-state index is 0.0641. The van der Waals surface area contributed by atoms with E-state index in [9.17, 15) is 9.90 Å². The molecule has 2 heterocycles. The number of methoxy groups -OCH3 is 1. The summed E-state index contributed by atoms with van der Waals surface area (Å²) < 4.78 is 5.13. The van der Waals surface area contributed by atoms with Crippen LogP contribution in [0.15, 0.2) is 53.3 Å². The third-order valence-corrected chi connectivity index (χ3v) is 4.89. The van der Waals surface area contributed by atoms with Crippen molar-refractivity contribution in [1.29, 1.82) is 0 Å². The van der Waals surface area contributed by atoms with Gasteiger partial charge in [-0.3, -0.25) is 9.69 Å². The molecular formula is C21H21N3O3. The molecule has 1 aliphatic heterocycles. The Bertz CT molecular complexity index is 1010. The molecule has 0 aliphatic carbocycles. The van der Waals surface area contributed by atoms with E-state index >= 15 is 0 Å². The Kier molecular flexibility index (Phi) is 4.64. The number of aromatic hydroxyl groups is 1. The molecule has 3 aromatic rings. The molecule has 0 saturated heterocycles. The van der Waals surface area contributed by atoms with E-state index < -0.39 is 0 Å². The van der Waals surface area contributed by atoms with Gasteiger partial charge in [-0.25, -0.2) is 4.98 Å². The van der Waals surface area contributed by atoms with Gasteiger partial charge in [0.2, 0.25) is 0 Å². The van der Waals surface area contributed by atoms with Gasteiger partial charge in [-0.1, -0.05) is 36.4 Å². The van der Waals surface area contributed by atoms with E-state index in [1.807, 2.05) is 42.5 Å². The van der Waals surface area contributed by atoms with Crippen LogP contribution >= 0.6 is 0 Å². The predicted octanol–water partition coefficient (Wildman–Crippen LogP) is 2.71. The van der Waals surface area contributed by atoms with Gasteiger partial charge < -0.3 is 14.8 Å². The maximum absolute atomic E-state index is 12.5. The number of ether oxygens (including phenoxy) is 1. The molecule has 1 aliphatic rings. The fraction of sp³-hybridized carbons (Fsp3) is 0.238. The zero-order valence-electron chi connectivity index (χ0n) is 15.1. The van der Waals surface area contributed by atoms with E-state index in [0.29, 0.717) is 31.1 Å². The molecule has 27 heavy (non-hydrogen) atoms. The van der Waals surface area contributed by atoms with Gasteiger partial charge in [0.25, 0.3) is 5.56 Å². The van der Waals surface area contributed by atoms with Crippen molar-refractivity contribution in [3.05, 3.63) is 75.7 Å². The third-order valence-electron chi connectivity index (χ3n) is 4.89. The van der Waals surface area contributed by atoms with Crippen LogP contribution < -0.4 is 10.3 Å². The summed E-state index contributed by atoms with van der Waals surface area (Å²) in [5.74, 6) is 1.43. The molecule has 0 bridgehead atoms. The van der Waals surface area contributed by atoms with Gasteiger partial charge in [-0.05, 0) is 12.5 Å². The molecule has 6 heteroatoms. The van der Waals surface area contributed by atoms with Crippen LogP contribution in [0, 0.1) is 0 Å². The first-order valence-electron chi connectivity index (χ1n) is 8.90. The molecule has 0 spiro atoms. The molecule has 2 N–H and O–H groups in total. The highest BCUT2D eigenvalue weighted by Gasteiger charge is 2.22. The van der Waals surface area contributed by atoms with Crippen LogP contribution in [-0.4, -0.2) is 33.6 Å². The second-order valence-electron chi connectivity index (χ2n) is 6.66. The van der Waals surface area contributed by atoms with Gasteiger partial charge in [0, 0.05) is 42.4 Å². The summed E-state index contributed by atoms with van der Waals surface area (Å²) in [6.45, 7) is 1.91. The topological polar surface area (TPSA) is 78.5 Å². The number of phenolic OH excluding ortho intramolecular Hbond substituents is 1. The molecule has 1 aromatic heterocycles. The van der Waals surface area contributed by atoms with Crippen molar-refractivity contribution < 1.29 is 9.84 Å². The Morgan fingerprint density at radius 2 is 2.04 bits per heavy atom. The van der Waals surface area contributed by atoms with Crippen LogP contribution in [0.3, 0.4) is 0 Å². The Morgan fingerprint density at radius 1 is 1.22 bits per heavy atom. The van der Waals surface area contributed by atoms with E-state index in [0.717, 1.165) is 28.9 Å². The van der Waals surface area contributed by atoms with Gasteiger partial charge in [-0.15, -0.1) is 0 Å². The van der Waals surface area contributed by atoms with E-state index in [2.05, 4.69) is 9.88 Å². The highest BCUT2D eigenvalue weighted by Crippen LogP contribution is 2.26. The number of fused-ring (bicyclic) bond motifs is 1. The molecule has 0 amide bonds. The fourth-order valence-corrected chi connectivity index (χ4v) is 3.41. The molecule has 6 nitrogen and oxygen atoms in total. The number of hydrogen-bond donors (Lipinski definition) is 2. The van der Waals surface area contributed by atoms with Crippen molar-refractivity contribution in [2.75, 3.05) is 13.7 Å². The second-order valence-corrected chi connectivity index (χ2v) is 6.66. The summed E-state index contributed by atoms with van der Waals surface area (Å²) in [5.41, 5.74) is 3.21. The van der Waals surface area contributed by atoms with Gasteiger partial charge in [-0.2, -0.15) is 0 Å². The number of nitrogens with one attached hydrogen (secondary N) is 1. The highest BCUT2D eigenvalue weighted by molar-refractivity contribution is 5.54. The Hall–Kier alpha value is -3.12. The zero-order valence-corrected chi connectivity index (χ0v) is 15.1. The van der Waals surface area contributed by atoms with Gasteiger partial charge in [0.15, 0.2) is 0 Å². The Morgan fingerprint density at radius 3 is 2.78 bits per heavy atom. The lowest BCUT2D eigenvalue weighted by Crippen LogP contribution is -2.35. The number of hydrogen-bond acceptors (Lipinski definition) is 5. The Labute approximate surface area is 157 Å². The molecule has 0 unspecified atom stereocenters. The van der Waals surface area contributed by atoms with Crippen molar-refractivity contribution in [2.45, 2.75) is 19.5 Å². The predicted molar refractivity (Wildman–Crippen MR) is 103 cm³/mol. The van der Waals surface area contributed by atoms with Gasteiger partial charge in [0.1, 0.15) is 17.3 Å². The second kappa shape index (κ2) is 7.25. The first kappa shape index (κ1) is 17.3. The lowest BCUT2D eigenvalue weighted by Gasteiger charge is -2.28. The average Bonchev–Trinajstić information content (AvgIpc) is 2.70. The highest BCUT2D eigenvalue weighted by atomic mass is 16.5. The number of H-pyrrole nitrogens is 1. The summed E-state index contributed by atoms with van der Waals surface area (Å²) in [6, 6.07) is 15.0. The van der Waals surface area contributed by atoms with Gasteiger partial charge >= 0.3 is 0 Å². The van der Waals surface area contributed by atoms with Crippen LogP contribution in [0.2, 0.25) is 0 Å². The molecule has 2 aromatic carbocycles. The molecule has 0 radical (unpaired) electrons. The first-order valence-corrected chi connectivity index (χ1v) is 8.90. The quantitative estimate of drug-likeness (QED) is 0.745. The van der Waals surface area contributed by atoms with E-state index in [1.165, 1.54) is 0 Å². The molecular weight excluding hydrogens is 342 g/mol. The summed E-state index contributed by atoms with van der Waals surface area (Å²) >= 11 is 0. The number of nitrogens with zero attached hydrogens (tertiary/aromatic N) is 2.